The molecule has 2 aliphatic rings. The van der Waals surface area contributed by atoms with Crippen molar-refractivity contribution in [1.82, 2.24) is 9.80 Å². The molecule has 0 N–H and O–H groups in total. The van der Waals surface area contributed by atoms with Gasteiger partial charge < -0.3 is 9.47 Å². The standard InChI is InChI=1S/C38H53ClF2N2O3/c1-7-45-37(44)36(32-14-8-13-28(4)35(32)29-16-19-31(20-17-29)46-38(5,40)41)42(6)24-21-34(33-25-30(39)18-15-27(33)3)43-22-9-11-26(2)12-10-23-43/h8,11,13-15,18,25,29,31,34,36H,7,9-10,12,16-17,19-24H2,1-6H3/b26-11+/t29?,31?,34-,36?/m0/s1. The van der Waals surface area contributed by atoms with Gasteiger partial charge in [-0.25, -0.2) is 4.79 Å². The number of likely N-dealkylation sites (N-methyl/N-ethyl adjacent to an activating group) is 1. The highest BCUT2D eigenvalue weighted by molar-refractivity contribution is 6.30. The van der Waals surface area contributed by atoms with Gasteiger partial charge in [0.15, 0.2) is 0 Å². The van der Waals surface area contributed by atoms with Crippen molar-refractivity contribution in [2.45, 2.75) is 116 Å². The first kappa shape index (κ1) is 36.5. The molecule has 1 aliphatic carbocycles. The summed E-state index contributed by atoms with van der Waals surface area (Å²) in [4.78, 5) is 18.5. The molecule has 0 bridgehead atoms. The molecule has 1 aliphatic heterocycles. The van der Waals surface area contributed by atoms with E-state index in [9.17, 15) is 13.6 Å². The molecule has 8 heteroatoms. The highest BCUT2D eigenvalue weighted by Gasteiger charge is 2.36. The average Bonchev–Trinajstić information content (AvgIpc) is 2.97. The molecular formula is C38H53ClF2N2O3. The molecule has 0 saturated heterocycles. The molecule has 2 aromatic rings. The predicted octanol–water partition coefficient (Wildman–Crippen LogP) is 9.71. The van der Waals surface area contributed by atoms with Crippen LogP contribution in [0.2, 0.25) is 5.02 Å². The quantitative estimate of drug-likeness (QED) is 0.168. The number of ether oxygens (including phenoxy) is 2. The molecule has 4 rings (SSSR count). The van der Waals surface area contributed by atoms with Gasteiger partial charge in [0.25, 0.3) is 0 Å². The van der Waals surface area contributed by atoms with Gasteiger partial charge in [0.1, 0.15) is 6.04 Å². The van der Waals surface area contributed by atoms with E-state index in [1.807, 2.05) is 26.1 Å². The molecule has 0 aromatic heterocycles. The van der Waals surface area contributed by atoms with Gasteiger partial charge in [-0.05, 0) is 139 Å². The Hall–Kier alpha value is -2.32. The first-order valence-corrected chi connectivity index (χ1v) is 17.4. The fourth-order valence-corrected chi connectivity index (χ4v) is 7.73. The SMILES string of the molecule is CCOC(=O)C(c1cccc(C)c1C1CCC(OC(C)(F)F)CC1)N(C)CC[C@@H](c1cc(Cl)ccc1C)N1CC/C=C(\C)CCC1. The zero-order valence-electron chi connectivity index (χ0n) is 28.6. The van der Waals surface area contributed by atoms with Crippen LogP contribution in [-0.4, -0.2) is 61.3 Å². The van der Waals surface area contributed by atoms with E-state index in [1.54, 1.807) is 0 Å². The first-order valence-electron chi connectivity index (χ1n) is 17.1. The Balaban J connectivity index is 1.61. The summed E-state index contributed by atoms with van der Waals surface area (Å²) in [6, 6.07) is 11.9. The maximum Gasteiger partial charge on any atom is 0.353 e. The number of rotatable bonds is 12. The molecule has 1 saturated carbocycles. The zero-order valence-corrected chi connectivity index (χ0v) is 29.3. The molecule has 1 heterocycles. The van der Waals surface area contributed by atoms with Gasteiger partial charge in [-0.15, -0.1) is 0 Å². The van der Waals surface area contributed by atoms with E-state index in [2.05, 4.69) is 60.9 Å². The lowest BCUT2D eigenvalue weighted by atomic mass is 9.77. The number of hydrogen-bond donors (Lipinski definition) is 0. The Morgan fingerprint density at radius 3 is 2.50 bits per heavy atom. The van der Waals surface area contributed by atoms with Gasteiger partial charge in [0.2, 0.25) is 0 Å². The van der Waals surface area contributed by atoms with Crippen molar-refractivity contribution in [1.29, 1.82) is 0 Å². The van der Waals surface area contributed by atoms with Crippen LogP contribution in [-0.2, 0) is 14.3 Å². The Labute approximate surface area is 280 Å². The van der Waals surface area contributed by atoms with Gasteiger partial charge in [0, 0.05) is 31.1 Å². The number of allylic oxidation sites excluding steroid dienone is 1. The van der Waals surface area contributed by atoms with E-state index < -0.39 is 18.3 Å². The van der Waals surface area contributed by atoms with Crippen LogP contribution in [0.1, 0.15) is 118 Å². The van der Waals surface area contributed by atoms with Crippen molar-refractivity contribution in [2.75, 3.05) is 33.3 Å². The monoisotopic (exact) mass is 658 g/mol. The summed E-state index contributed by atoms with van der Waals surface area (Å²) in [6.45, 7) is 12.0. The summed E-state index contributed by atoms with van der Waals surface area (Å²) in [5.41, 5.74) is 7.12. The third kappa shape index (κ3) is 9.85. The van der Waals surface area contributed by atoms with Crippen molar-refractivity contribution >= 4 is 17.6 Å². The van der Waals surface area contributed by atoms with Gasteiger partial charge >= 0.3 is 12.1 Å². The number of benzene rings is 2. The number of alkyl halides is 2. The molecule has 1 unspecified atom stereocenters. The van der Waals surface area contributed by atoms with Crippen LogP contribution < -0.4 is 0 Å². The van der Waals surface area contributed by atoms with Crippen molar-refractivity contribution in [3.8, 4) is 0 Å². The minimum absolute atomic E-state index is 0.153. The van der Waals surface area contributed by atoms with E-state index in [-0.39, 0.29) is 17.9 Å². The Bertz CT molecular complexity index is 1340. The number of esters is 1. The van der Waals surface area contributed by atoms with E-state index in [1.165, 1.54) is 16.7 Å². The lowest BCUT2D eigenvalue weighted by Crippen LogP contribution is -2.38. The van der Waals surface area contributed by atoms with E-state index in [0.717, 1.165) is 80.3 Å². The Kier molecular flexibility index (Phi) is 13.2. The maximum atomic E-state index is 13.8. The Morgan fingerprint density at radius 2 is 1.80 bits per heavy atom. The van der Waals surface area contributed by atoms with Gasteiger partial charge in [-0.3, -0.25) is 9.80 Å². The summed E-state index contributed by atoms with van der Waals surface area (Å²) in [5.74, 6) is -0.104. The number of carbonyl (C=O) groups excluding carboxylic acids is 1. The van der Waals surface area contributed by atoms with Crippen LogP contribution in [0.5, 0.6) is 0 Å². The van der Waals surface area contributed by atoms with E-state index in [4.69, 9.17) is 21.1 Å². The van der Waals surface area contributed by atoms with Crippen molar-refractivity contribution < 1.29 is 23.0 Å². The molecular weight excluding hydrogens is 606 g/mol. The van der Waals surface area contributed by atoms with Crippen molar-refractivity contribution in [3.05, 3.63) is 80.9 Å². The van der Waals surface area contributed by atoms with Gasteiger partial charge in [-0.1, -0.05) is 47.5 Å². The van der Waals surface area contributed by atoms with E-state index in [0.29, 0.717) is 26.0 Å². The number of nitrogens with zero attached hydrogens (tertiary/aromatic N) is 2. The molecule has 2 atom stereocenters. The van der Waals surface area contributed by atoms with Crippen LogP contribution in [0.15, 0.2) is 48.0 Å². The lowest BCUT2D eigenvalue weighted by Gasteiger charge is -2.37. The highest BCUT2D eigenvalue weighted by Crippen LogP contribution is 2.41. The second-order valence-corrected chi connectivity index (χ2v) is 13.8. The van der Waals surface area contributed by atoms with Crippen LogP contribution in [0.4, 0.5) is 8.78 Å². The fourth-order valence-electron chi connectivity index (χ4n) is 7.55. The molecule has 0 amide bonds. The normalized spacial score (nSPS) is 22.4. The second kappa shape index (κ2) is 16.7. The summed E-state index contributed by atoms with van der Waals surface area (Å²) < 4.78 is 37.9. The minimum Gasteiger partial charge on any atom is -0.465 e. The van der Waals surface area contributed by atoms with Crippen molar-refractivity contribution in [2.24, 2.45) is 0 Å². The largest absolute Gasteiger partial charge is 0.465 e. The third-order valence-electron chi connectivity index (χ3n) is 9.78. The molecule has 254 valence electrons. The van der Waals surface area contributed by atoms with Gasteiger partial charge in [-0.2, -0.15) is 8.78 Å². The highest BCUT2D eigenvalue weighted by atomic mass is 35.5. The van der Waals surface area contributed by atoms with Crippen LogP contribution in [0.3, 0.4) is 0 Å². The summed E-state index contributed by atoms with van der Waals surface area (Å²) >= 11 is 6.55. The molecule has 2 aromatic carbocycles. The maximum absolute atomic E-state index is 13.8. The van der Waals surface area contributed by atoms with Gasteiger partial charge in [0.05, 0.1) is 12.7 Å². The number of halogens is 3. The van der Waals surface area contributed by atoms with Crippen LogP contribution >= 0.6 is 11.6 Å². The predicted molar refractivity (Wildman–Crippen MR) is 183 cm³/mol. The zero-order chi connectivity index (χ0) is 33.4. The second-order valence-electron chi connectivity index (χ2n) is 13.4. The summed E-state index contributed by atoms with van der Waals surface area (Å²) in [5, 5.41) is 0.735. The fraction of sp³-hybridized carbons (Fsp3) is 0.605. The molecule has 0 spiro atoms. The average molecular weight is 659 g/mol. The number of hydrogen-bond acceptors (Lipinski definition) is 5. The Morgan fingerprint density at radius 1 is 1.07 bits per heavy atom. The first-order chi connectivity index (χ1) is 21.9. The molecule has 0 radical (unpaired) electrons. The van der Waals surface area contributed by atoms with Crippen LogP contribution in [0.25, 0.3) is 0 Å². The molecule has 5 nitrogen and oxygen atoms in total. The summed E-state index contributed by atoms with van der Waals surface area (Å²) in [7, 11) is 2.02. The molecule has 46 heavy (non-hydrogen) atoms. The van der Waals surface area contributed by atoms with E-state index >= 15 is 0 Å². The number of aryl methyl sites for hydroxylation is 2. The topological polar surface area (TPSA) is 42.0 Å². The molecule has 1 fully saturated rings. The smallest absolute Gasteiger partial charge is 0.353 e. The van der Waals surface area contributed by atoms with Crippen molar-refractivity contribution in [3.63, 3.8) is 0 Å². The third-order valence-corrected chi connectivity index (χ3v) is 10.0. The summed E-state index contributed by atoms with van der Waals surface area (Å²) in [6.07, 6.45) is 5.42. The van der Waals surface area contributed by atoms with Crippen LogP contribution in [0, 0.1) is 13.8 Å². The number of carbonyl (C=O) groups is 1. The minimum atomic E-state index is -3.13. The lowest BCUT2D eigenvalue weighted by molar-refractivity contribution is -0.254.